The summed E-state index contributed by atoms with van der Waals surface area (Å²) in [5, 5.41) is 5.37. The molecule has 104 valence electrons. The van der Waals surface area contributed by atoms with Gasteiger partial charge in [0.25, 0.3) is 0 Å². The number of carbonyl (C=O) groups is 1. The molecule has 3 unspecified atom stereocenters. The van der Waals surface area contributed by atoms with Crippen molar-refractivity contribution in [3.8, 4) is 0 Å². The fraction of sp³-hybridized carbons (Fsp3) is 0.667. The average Bonchev–Trinajstić information content (AvgIpc) is 2.89. The lowest BCUT2D eigenvalue weighted by molar-refractivity contribution is -0.156. The van der Waals surface area contributed by atoms with Crippen LogP contribution in [0.2, 0.25) is 0 Å². The average molecular weight is 279 g/mol. The molecule has 1 aromatic rings. The van der Waals surface area contributed by atoms with Crippen LogP contribution in [-0.2, 0) is 16.0 Å². The van der Waals surface area contributed by atoms with Crippen LogP contribution in [0, 0.1) is 5.92 Å². The van der Waals surface area contributed by atoms with E-state index in [2.05, 4.69) is 23.7 Å². The van der Waals surface area contributed by atoms with E-state index in [4.69, 9.17) is 4.74 Å². The minimum atomic E-state index is -0.246. The summed E-state index contributed by atoms with van der Waals surface area (Å²) in [5.41, 5.74) is 1.13. The van der Waals surface area contributed by atoms with Crippen molar-refractivity contribution in [2.75, 3.05) is 6.54 Å². The number of rotatable bonds is 2. The van der Waals surface area contributed by atoms with Gasteiger partial charge in [-0.15, -0.1) is 11.3 Å². The Kier molecular flexibility index (Phi) is 3.89. The van der Waals surface area contributed by atoms with Crippen LogP contribution in [0.15, 0.2) is 11.4 Å². The molecule has 19 heavy (non-hydrogen) atoms. The summed E-state index contributed by atoms with van der Waals surface area (Å²) in [7, 11) is 0. The zero-order valence-corrected chi connectivity index (χ0v) is 12.2. The molecular formula is C15H21NO2S. The van der Waals surface area contributed by atoms with Gasteiger partial charge in [-0.3, -0.25) is 0 Å². The number of fused-ring (bicyclic) bond motifs is 1. The summed E-state index contributed by atoms with van der Waals surface area (Å²) in [6.45, 7) is 3.06. The highest BCUT2D eigenvalue weighted by Crippen LogP contribution is 2.31. The summed E-state index contributed by atoms with van der Waals surface area (Å²) in [6.07, 6.45) is 5.80. The van der Waals surface area contributed by atoms with Crippen molar-refractivity contribution in [1.29, 1.82) is 0 Å². The molecule has 1 aromatic heterocycles. The number of hydrogen-bond donors (Lipinski definition) is 1. The van der Waals surface area contributed by atoms with E-state index in [1.165, 1.54) is 24.1 Å². The van der Waals surface area contributed by atoms with E-state index < -0.39 is 0 Å². The molecule has 0 radical (unpaired) electrons. The lowest BCUT2D eigenvalue weighted by Gasteiger charge is -2.31. The summed E-state index contributed by atoms with van der Waals surface area (Å²) in [4.78, 5) is 13.7. The standard InChI is InChI=1S/C15H21NO2S/c1-10-4-2-3-5-12(10)18-15(17)14-11-7-9-19-13(11)6-8-16-14/h7,9-10,12,14,16H,2-6,8H2,1H3. The summed E-state index contributed by atoms with van der Waals surface area (Å²) >= 11 is 1.75. The van der Waals surface area contributed by atoms with E-state index >= 15 is 0 Å². The highest BCUT2D eigenvalue weighted by atomic mass is 32.1. The molecule has 2 aliphatic rings. The molecule has 1 fully saturated rings. The van der Waals surface area contributed by atoms with Crippen molar-refractivity contribution >= 4 is 17.3 Å². The zero-order valence-electron chi connectivity index (χ0n) is 11.4. The minimum Gasteiger partial charge on any atom is -0.461 e. The molecule has 0 saturated heterocycles. The number of nitrogens with one attached hydrogen (secondary N) is 1. The van der Waals surface area contributed by atoms with Crippen LogP contribution in [0.1, 0.15) is 49.1 Å². The lowest BCUT2D eigenvalue weighted by atomic mass is 9.88. The normalized spacial score (nSPS) is 30.7. The predicted octanol–water partition coefficient (Wildman–Crippen LogP) is 3.06. The van der Waals surface area contributed by atoms with Crippen LogP contribution in [0.25, 0.3) is 0 Å². The monoisotopic (exact) mass is 279 g/mol. The zero-order chi connectivity index (χ0) is 13.2. The van der Waals surface area contributed by atoms with Crippen molar-refractivity contribution in [2.45, 2.75) is 51.2 Å². The van der Waals surface area contributed by atoms with Crippen molar-refractivity contribution in [1.82, 2.24) is 5.32 Å². The molecule has 3 rings (SSSR count). The molecule has 0 amide bonds. The summed E-state index contributed by atoms with van der Waals surface area (Å²) in [5.74, 6) is 0.418. The van der Waals surface area contributed by atoms with Crippen LogP contribution >= 0.6 is 11.3 Å². The molecule has 1 N–H and O–H groups in total. The van der Waals surface area contributed by atoms with Crippen LogP contribution in [0.3, 0.4) is 0 Å². The molecule has 0 spiro atoms. The largest absolute Gasteiger partial charge is 0.461 e. The summed E-state index contributed by atoms with van der Waals surface area (Å²) < 4.78 is 5.77. The molecule has 3 atom stereocenters. The second kappa shape index (κ2) is 5.63. The van der Waals surface area contributed by atoms with Gasteiger partial charge in [-0.2, -0.15) is 0 Å². The van der Waals surface area contributed by atoms with E-state index in [1.807, 2.05) is 0 Å². The van der Waals surface area contributed by atoms with Gasteiger partial charge < -0.3 is 10.1 Å². The van der Waals surface area contributed by atoms with Gasteiger partial charge in [-0.25, -0.2) is 4.79 Å². The van der Waals surface area contributed by atoms with Gasteiger partial charge in [0.05, 0.1) is 0 Å². The molecule has 4 heteroatoms. The van der Waals surface area contributed by atoms with Gasteiger partial charge in [-0.1, -0.05) is 13.3 Å². The molecule has 2 heterocycles. The van der Waals surface area contributed by atoms with E-state index in [0.29, 0.717) is 5.92 Å². The van der Waals surface area contributed by atoms with Gasteiger partial charge in [-0.05, 0) is 48.6 Å². The third-order valence-electron chi connectivity index (χ3n) is 4.33. The molecule has 1 aliphatic heterocycles. The molecule has 3 nitrogen and oxygen atoms in total. The Hall–Kier alpha value is -0.870. The third-order valence-corrected chi connectivity index (χ3v) is 5.32. The van der Waals surface area contributed by atoms with E-state index in [0.717, 1.165) is 24.9 Å². The lowest BCUT2D eigenvalue weighted by Crippen LogP contribution is -2.38. The predicted molar refractivity (Wildman–Crippen MR) is 76.3 cm³/mol. The third kappa shape index (κ3) is 2.70. The molecule has 0 aromatic carbocycles. The van der Waals surface area contributed by atoms with Crippen LogP contribution in [0.5, 0.6) is 0 Å². The van der Waals surface area contributed by atoms with Crippen LogP contribution in [-0.4, -0.2) is 18.6 Å². The second-order valence-corrected chi connectivity index (χ2v) is 6.67. The number of esters is 1. The van der Waals surface area contributed by atoms with E-state index in [1.54, 1.807) is 11.3 Å². The number of thiophene rings is 1. The molecular weight excluding hydrogens is 258 g/mol. The van der Waals surface area contributed by atoms with Crippen LogP contribution in [0.4, 0.5) is 0 Å². The SMILES string of the molecule is CC1CCCCC1OC(=O)C1NCCc2sccc21. The number of hydrogen-bond acceptors (Lipinski definition) is 4. The highest BCUT2D eigenvalue weighted by Gasteiger charge is 2.32. The topological polar surface area (TPSA) is 38.3 Å². The molecule has 1 aliphatic carbocycles. The maximum atomic E-state index is 12.4. The van der Waals surface area contributed by atoms with Crippen molar-refractivity contribution in [3.05, 3.63) is 21.9 Å². The minimum absolute atomic E-state index is 0.0851. The Morgan fingerprint density at radius 2 is 2.26 bits per heavy atom. The van der Waals surface area contributed by atoms with Gasteiger partial charge >= 0.3 is 5.97 Å². The molecule has 0 bridgehead atoms. The number of ether oxygens (including phenoxy) is 1. The van der Waals surface area contributed by atoms with E-state index in [9.17, 15) is 4.79 Å². The van der Waals surface area contributed by atoms with Gasteiger partial charge in [0.1, 0.15) is 12.1 Å². The molecule has 1 saturated carbocycles. The first kappa shape index (κ1) is 13.1. The Morgan fingerprint density at radius 1 is 1.42 bits per heavy atom. The van der Waals surface area contributed by atoms with Crippen LogP contribution < -0.4 is 5.32 Å². The Morgan fingerprint density at radius 3 is 3.11 bits per heavy atom. The number of carbonyl (C=O) groups excluding carboxylic acids is 1. The maximum Gasteiger partial charge on any atom is 0.328 e. The van der Waals surface area contributed by atoms with Crippen molar-refractivity contribution in [3.63, 3.8) is 0 Å². The van der Waals surface area contributed by atoms with Gasteiger partial charge in [0.2, 0.25) is 0 Å². The quantitative estimate of drug-likeness (QED) is 0.846. The van der Waals surface area contributed by atoms with Crippen molar-refractivity contribution < 1.29 is 9.53 Å². The van der Waals surface area contributed by atoms with Gasteiger partial charge in [0.15, 0.2) is 0 Å². The Balaban J connectivity index is 1.68. The highest BCUT2D eigenvalue weighted by molar-refractivity contribution is 7.10. The smallest absolute Gasteiger partial charge is 0.328 e. The first-order chi connectivity index (χ1) is 9.25. The second-order valence-electron chi connectivity index (χ2n) is 5.67. The first-order valence-corrected chi connectivity index (χ1v) is 8.14. The van der Waals surface area contributed by atoms with Crippen molar-refractivity contribution in [2.24, 2.45) is 5.92 Å². The Bertz CT molecular complexity index is 457. The fourth-order valence-electron chi connectivity index (χ4n) is 3.14. The first-order valence-electron chi connectivity index (χ1n) is 7.26. The van der Waals surface area contributed by atoms with Gasteiger partial charge in [0, 0.05) is 11.4 Å². The fourth-order valence-corrected chi connectivity index (χ4v) is 4.06. The maximum absolute atomic E-state index is 12.4. The van der Waals surface area contributed by atoms with E-state index in [-0.39, 0.29) is 18.1 Å². The Labute approximate surface area is 118 Å². The summed E-state index contributed by atoms with van der Waals surface area (Å²) in [6, 6.07) is 1.81.